The maximum Gasteiger partial charge on any atom is 0.194 e. The van der Waals surface area contributed by atoms with Crippen LogP contribution in [0.3, 0.4) is 0 Å². The molecular formula is C21H32N6O. The molecular weight excluding hydrogens is 352 g/mol. The van der Waals surface area contributed by atoms with E-state index in [4.69, 9.17) is 9.73 Å². The van der Waals surface area contributed by atoms with E-state index in [1.165, 1.54) is 11.3 Å². The van der Waals surface area contributed by atoms with Crippen molar-refractivity contribution in [1.29, 1.82) is 0 Å². The molecule has 1 aromatic carbocycles. The van der Waals surface area contributed by atoms with E-state index in [1.807, 2.05) is 24.1 Å². The minimum Gasteiger partial charge on any atom is -0.378 e. The van der Waals surface area contributed by atoms with E-state index in [-0.39, 0.29) is 6.10 Å². The van der Waals surface area contributed by atoms with Crippen LogP contribution in [-0.4, -0.2) is 67.5 Å². The Morgan fingerprint density at radius 3 is 2.75 bits per heavy atom. The Morgan fingerprint density at radius 2 is 2.11 bits per heavy atom. The molecule has 0 spiro atoms. The molecule has 2 heterocycles. The fraction of sp³-hybridized carbons (Fsp3) is 0.524. The molecule has 1 unspecified atom stereocenters. The van der Waals surface area contributed by atoms with Crippen LogP contribution in [0, 0.1) is 0 Å². The van der Waals surface area contributed by atoms with Crippen LogP contribution in [0.2, 0.25) is 0 Å². The number of aliphatic imine (C=N–C) groups is 1. The molecule has 152 valence electrons. The van der Waals surface area contributed by atoms with E-state index < -0.39 is 0 Å². The normalized spacial score (nSPS) is 17.6. The summed E-state index contributed by atoms with van der Waals surface area (Å²) in [6.45, 7) is 6.05. The quantitative estimate of drug-likeness (QED) is 0.610. The number of nitrogens with one attached hydrogen (secondary N) is 1. The Kier molecular flexibility index (Phi) is 6.92. The molecule has 7 nitrogen and oxygen atoms in total. The van der Waals surface area contributed by atoms with Gasteiger partial charge in [-0.25, -0.2) is 0 Å². The fourth-order valence-electron chi connectivity index (χ4n) is 3.33. The standard InChI is InChI=1S/C21H32N6O/c1-5-22-21(23-11-10-17-6-8-19(9-7-17)25(2)3)27-12-13-28-20(16-27)18-14-24-26(4)15-18/h6-9,14-15,20H,5,10-13,16H2,1-4H3,(H,22,23). The zero-order valence-corrected chi connectivity index (χ0v) is 17.4. The number of hydrogen-bond acceptors (Lipinski definition) is 4. The molecule has 28 heavy (non-hydrogen) atoms. The van der Waals surface area contributed by atoms with Gasteiger partial charge in [0.25, 0.3) is 0 Å². The Balaban J connectivity index is 1.61. The molecule has 0 aliphatic carbocycles. The number of nitrogens with zero attached hydrogens (tertiary/aromatic N) is 5. The Labute approximate surface area is 168 Å². The minimum absolute atomic E-state index is 0.0323. The van der Waals surface area contributed by atoms with Gasteiger partial charge in [0.1, 0.15) is 6.10 Å². The van der Waals surface area contributed by atoms with Crippen LogP contribution in [0.4, 0.5) is 5.69 Å². The molecule has 1 N–H and O–H groups in total. The lowest BCUT2D eigenvalue weighted by Crippen LogP contribution is -2.48. The van der Waals surface area contributed by atoms with Gasteiger partial charge in [0, 0.05) is 58.2 Å². The van der Waals surface area contributed by atoms with Gasteiger partial charge < -0.3 is 19.9 Å². The van der Waals surface area contributed by atoms with E-state index in [1.54, 1.807) is 0 Å². The molecule has 1 aliphatic rings. The summed E-state index contributed by atoms with van der Waals surface area (Å²) in [7, 11) is 6.05. The largest absolute Gasteiger partial charge is 0.378 e. The van der Waals surface area contributed by atoms with E-state index in [0.29, 0.717) is 6.61 Å². The lowest BCUT2D eigenvalue weighted by atomic mass is 10.1. The molecule has 0 radical (unpaired) electrons. The second-order valence-electron chi connectivity index (χ2n) is 7.30. The van der Waals surface area contributed by atoms with Crippen molar-refractivity contribution in [3.8, 4) is 0 Å². The average molecular weight is 385 g/mol. The first-order chi connectivity index (χ1) is 13.6. The van der Waals surface area contributed by atoms with Crippen LogP contribution in [0.5, 0.6) is 0 Å². The minimum atomic E-state index is 0.0323. The first-order valence-electron chi connectivity index (χ1n) is 9.96. The number of aryl methyl sites for hydroxylation is 1. The number of rotatable bonds is 6. The predicted octanol–water partition coefficient (Wildman–Crippen LogP) is 2.07. The van der Waals surface area contributed by atoms with Crippen LogP contribution in [-0.2, 0) is 18.2 Å². The zero-order chi connectivity index (χ0) is 19.9. The van der Waals surface area contributed by atoms with Gasteiger partial charge in [-0.05, 0) is 31.0 Å². The number of hydrogen-bond donors (Lipinski definition) is 1. The highest BCUT2D eigenvalue weighted by Crippen LogP contribution is 2.21. The number of guanidine groups is 1. The number of ether oxygens (including phenoxy) is 1. The van der Waals surface area contributed by atoms with Gasteiger partial charge in [-0.3, -0.25) is 9.67 Å². The van der Waals surface area contributed by atoms with Gasteiger partial charge >= 0.3 is 0 Å². The van der Waals surface area contributed by atoms with Crippen molar-refractivity contribution in [3.63, 3.8) is 0 Å². The maximum absolute atomic E-state index is 5.96. The summed E-state index contributed by atoms with van der Waals surface area (Å²) < 4.78 is 7.78. The summed E-state index contributed by atoms with van der Waals surface area (Å²) in [5, 5.41) is 7.70. The lowest BCUT2D eigenvalue weighted by Gasteiger charge is -2.34. The molecule has 3 rings (SSSR count). The summed E-state index contributed by atoms with van der Waals surface area (Å²) in [6, 6.07) is 8.69. The van der Waals surface area contributed by atoms with Gasteiger partial charge in [0.15, 0.2) is 5.96 Å². The van der Waals surface area contributed by atoms with Gasteiger partial charge in [-0.2, -0.15) is 5.10 Å². The molecule has 1 atom stereocenters. The van der Waals surface area contributed by atoms with Gasteiger partial charge in [-0.1, -0.05) is 12.1 Å². The second-order valence-corrected chi connectivity index (χ2v) is 7.30. The van der Waals surface area contributed by atoms with Crippen molar-refractivity contribution >= 4 is 11.6 Å². The first kappa shape index (κ1) is 20.2. The first-order valence-corrected chi connectivity index (χ1v) is 9.96. The van der Waals surface area contributed by atoms with Crippen molar-refractivity contribution < 1.29 is 4.74 Å². The SMILES string of the molecule is CCNC(=NCCc1ccc(N(C)C)cc1)N1CCOC(c2cnn(C)c2)C1. The molecule has 7 heteroatoms. The van der Waals surface area contributed by atoms with Crippen LogP contribution >= 0.6 is 0 Å². The predicted molar refractivity (Wildman–Crippen MR) is 114 cm³/mol. The van der Waals surface area contributed by atoms with Crippen LogP contribution in [0.25, 0.3) is 0 Å². The Bertz CT molecular complexity index is 767. The van der Waals surface area contributed by atoms with Crippen molar-refractivity contribution in [2.24, 2.45) is 12.0 Å². The van der Waals surface area contributed by atoms with Crippen LogP contribution in [0.15, 0.2) is 41.7 Å². The topological polar surface area (TPSA) is 57.9 Å². The molecule has 2 aromatic rings. The lowest BCUT2D eigenvalue weighted by molar-refractivity contribution is -0.00803. The molecule has 1 saturated heterocycles. The van der Waals surface area contributed by atoms with E-state index in [0.717, 1.165) is 44.1 Å². The van der Waals surface area contributed by atoms with Gasteiger partial charge in [-0.15, -0.1) is 0 Å². The number of morpholine rings is 1. The number of anilines is 1. The summed E-state index contributed by atoms with van der Waals surface area (Å²) >= 11 is 0. The third-order valence-electron chi connectivity index (χ3n) is 4.91. The van der Waals surface area contributed by atoms with E-state index >= 15 is 0 Å². The smallest absolute Gasteiger partial charge is 0.194 e. The molecule has 1 fully saturated rings. The van der Waals surface area contributed by atoms with E-state index in [2.05, 4.69) is 65.5 Å². The molecule has 1 aromatic heterocycles. The summed E-state index contributed by atoms with van der Waals surface area (Å²) in [6.07, 6.45) is 4.87. The van der Waals surface area contributed by atoms with Crippen LogP contribution < -0.4 is 10.2 Å². The summed E-state index contributed by atoms with van der Waals surface area (Å²) in [5.41, 5.74) is 3.64. The van der Waals surface area contributed by atoms with Crippen LogP contribution in [0.1, 0.15) is 24.2 Å². The average Bonchev–Trinajstić information content (AvgIpc) is 3.14. The zero-order valence-electron chi connectivity index (χ0n) is 17.4. The maximum atomic E-state index is 5.96. The molecule has 0 bridgehead atoms. The molecule has 0 saturated carbocycles. The highest BCUT2D eigenvalue weighted by molar-refractivity contribution is 5.80. The number of benzene rings is 1. The Morgan fingerprint density at radius 1 is 1.32 bits per heavy atom. The molecule has 0 amide bonds. The molecule has 1 aliphatic heterocycles. The van der Waals surface area contributed by atoms with E-state index in [9.17, 15) is 0 Å². The monoisotopic (exact) mass is 384 g/mol. The fourth-order valence-corrected chi connectivity index (χ4v) is 3.33. The van der Waals surface area contributed by atoms with Crippen molar-refractivity contribution in [2.45, 2.75) is 19.4 Å². The van der Waals surface area contributed by atoms with Crippen molar-refractivity contribution in [3.05, 3.63) is 47.8 Å². The summed E-state index contributed by atoms with van der Waals surface area (Å²) in [5.74, 6) is 0.963. The van der Waals surface area contributed by atoms with Crippen molar-refractivity contribution in [1.82, 2.24) is 20.0 Å². The van der Waals surface area contributed by atoms with Gasteiger partial charge in [0.05, 0.1) is 19.3 Å². The van der Waals surface area contributed by atoms with Gasteiger partial charge in [0.2, 0.25) is 0 Å². The third kappa shape index (κ3) is 5.25. The Hall–Kier alpha value is -2.54. The van der Waals surface area contributed by atoms with Crippen molar-refractivity contribution in [2.75, 3.05) is 51.8 Å². The number of aromatic nitrogens is 2. The third-order valence-corrected chi connectivity index (χ3v) is 4.91. The summed E-state index contributed by atoms with van der Waals surface area (Å²) in [4.78, 5) is 9.27. The highest BCUT2D eigenvalue weighted by atomic mass is 16.5. The highest BCUT2D eigenvalue weighted by Gasteiger charge is 2.25. The second kappa shape index (κ2) is 9.59.